The number of hydrogen-bond acceptors (Lipinski definition) is 5. The van der Waals surface area contributed by atoms with E-state index in [4.69, 9.17) is 17.2 Å². The number of thiazole rings is 1. The molecule has 0 bridgehead atoms. The van der Waals surface area contributed by atoms with E-state index in [2.05, 4.69) is 22.8 Å². The van der Waals surface area contributed by atoms with Crippen LogP contribution in [-0.4, -0.2) is 31.7 Å². The molecule has 0 atom stereocenters. The molecule has 1 aliphatic heterocycles. The van der Waals surface area contributed by atoms with Gasteiger partial charge in [0.05, 0.1) is 15.3 Å². The van der Waals surface area contributed by atoms with Gasteiger partial charge in [0.2, 0.25) is 0 Å². The Hall–Kier alpha value is -2.74. The summed E-state index contributed by atoms with van der Waals surface area (Å²) in [4.78, 5) is 19.6. The number of thiocarbonyl (C=S) groups is 1. The van der Waals surface area contributed by atoms with Gasteiger partial charge in [-0.05, 0) is 24.3 Å². The molecule has 0 spiro atoms. The number of carbonyl (C=O) groups is 1. The minimum absolute atomic E-state index is 0.0675. The number of benzene rings is 2. The quantitative estimate of drug-likeness (QED) is 0.312. The lowest BCUT2D eigenvalue weighted by atomic mass is 10.2. The summed E-state index contributed by atoms with van der Waals surface area (Å²) in [5.41, 5.74) is 3.91. The van der Waals surface area contributed by atoms with Crippen LogP contribution in [0.25, 0.3) is 32.7 Å². The van der Waals surface area contributed by atoms with Crippen LogP contribution in [0.5, 0.6) is 0 Å². The first kappa shape index (κ1) is 18.3. The maximum Gasteiger partial charge on any atom is 0.265 e. The molecule has 1 saturated heterocycles. The molecular weight excluding hydrogens is 418 g/mol. The average molecular weight is 434 g/mol. The van der Waals surface area contributed by atoms with Crippen molar-refractivity contribution in [2.45, 2.75) is 0 Å². The first-order valence-corrected chi connectivity index (χ1v) is 11.0. The molecule has 1 amide bonds. The lowest BCUT2D eigenvalue weighted by Gasteiger charge is -2.08. The highest BCUT2D eigenvalue weighted by Crippen LogP contribution is 2.37. The molecule has 0 saturated carbocycles. The summed E-state index contributed by atoms with van der Waals surface area (Å²) in [5, 5.41) is 0.978. The highest BCUT2D eigenvalue weighted by atomic mass is 32.2. The molecule has 3 heterocycles. The summed E-state index contributed by atoms with van der Waals surface area (Å²) < 4.78 is 3.75. The van der Waals surface area contributed by atoms with Crippen molar-refractivity contribution in [1.82, 2.24) is 14.5 Å². The Balaban J connectivity index is 1.69. The zero-order valence-corrected chi connectivity index (χ0v) is 17.9. The van der Waals surface area contributed by atoms with E-state index in [0.29, 0.717) is 9.23 Å². The lowest BCUT2D eigenvalue weighted by Crippen LogP contribution is -2.22. The van der Waals surface area contributed by atoms with Crippen molar-refractivity contribution in [3.63, 3.8) is 0 Å². The second-order valence-corrected chi connectivity index (χ2v) is 9.26. The van der Waals surface area contributed by atoms with Gasteiger partial charge in [-0.2, -0.15) is 0 Å². The number of rotatable bonds is 3. The first-order chi connectivity index (χ1) is 14.1. The van der Waals surface area contributed by atoms with Crippen LogP contribution in [0.3, 0.4) is 0 Å². The van der Waals surface area contributed by atoms with Gasteiger partial charge in [-0.3, -0.25) is 14.3 Å². The molecule has 2 aromatic heterocycles. The third kappa shape index (κ3) is 3.21. The van der Waals surface area contributed by atoms with Crippen LogP contribution < -0.4 is 0 Å². The Bertz CT molecular complexity index is 1270. The number of aromatic nitrogens is 2. The molecule has 5 rings (SSSR count). The fourth-order valence-corrected chi connectivity index (χ4v) is 5.40. The van der Waals surface area contributed by atoms with E-state index in [-0.39, 0.29) is 5.91 Å². The van der Waals surface area contributed by atoms with Gasteiger partial charge in [-0.25, -0.2) is 4.98 Å². The Morgan fingerprint density at radius 1 is 1.03 bits per heavy atom. The largest absolute Gasteiger partial charge is 0.296 e. The molecular formula is C22H15N3OS3. The third-order valence-electron chi connectivity index (χ3n) is 4.68. The van der Waals surface area contributed by atoms with Crippen LogP contribution in [-0.2, 0) is 4.79 Å². The molecule has 0 aliphatic carbocycles. The molecule has 7 heteroatoms. The number of thioether (sulfide) groups is 1. The number of amides is 1. The van der Waals surface area contributed by atoms with Crippen molar-refractivity contribution < 1.29 is 4.79 Å². The van der Waals surface area contributed by atoms with Gasteiger partial charge in [0, 0.05) is 18.3 Å². The number of fused-ring (bicyclic) bond motifs is 1. The summed E-state index contributed by atoms with van der Waals surface area (Å²) >= 11 is 8.25. The summed E-state index contributed by atoms with van der Waals surface area (Å²) in [6, 6.07) is 22.3. The number of para-hydroxylation sites is 1. The van der Waals surface area contributed by atoms with Gasteiger partial charge in [-0.15, -0.1) is 11.3 Å². The normalized spacial score (nSPS) is 15.8. The predicted octanol–water partition coefficient (Wildman–Crippen LogP) is 5.59. The van der Waals surface area contributed by atoms with Crippen molar-refractivity contribution in [3.05, 3.63) is 77.3 Å². The van der Waals surface area contributed by atoms with Crippen molar-refractivity contribution in [3.8, 4) is 16.3 Å². The highest BCUT2D eigenvalue weighted by molar-refractivity contribution is 8.26. The molecule has 29 heavy (non-hydrogen) atoms. The molecule has 1 fully saturated rings. The van der Waals surface area contributed by atoms with Crippen molar-refractivity contribution in [1.29, 1.82) is 0 Å². The van der Waals surface area contributed by atoms with E-state index in [9.17, 15) is 4.79 Å². The molecule has 0 radical (unpaired) electrons. The standard InChI is InChI=1S/C22H15N3OS3/c1-24-21(26)18(29-22(24)27)13-16-12-17-19(25(16)15-10-6-3-7-11-15)23-20(28-17)14-8-4-2-5-9-14/h2-13H,1H3/b18-13+. The maximum atomic E-state index is 12.5. The molecule has 1 aliphatic rings. The third-order valence-corrected chi connectivity index (χ3v) is 7.21. The predicted molar refractivity (Wildman–Crippen MR) is 125 cm³/mol. The Morgan fingerprint density at radius 3 is 2.38 bits per heavy atom. The molecule has 0 N–H and O–H groups in total. The summed E-state index contributed by atoms with van der Waals surface area (Å²) in [6.07, 6.45) is 1.91. The monoisotopic (exact) mass is 433 g/mol. The van der Waals surface area contributed by atoms with Crippen LogP contribution in [0.1, 0.15) is 5.69 Å². The van der Waals surface area contributed by atoms with E-state index in [1.807, 2.05) is 54.6 Å². The van der Waals surface area contributed by atoms with E-state index in [1.54, 1.807) is 18.4 Å². The Morgan fingerprint density at radius 2 is 1.72 bits per heavy atom. The summed E-state index contributed by atoms with van der Waals surface area (Å²) in [5.74, 6) is -0.0675. The minimum atomic E-state index is -0.0675. The van der Waals surface area contributed by atoms with E-state index < -0.39 is 0 Å². The van der Waals surface area contributed by atoms with Gasteiger partial charge in [0.25, 0.3) is 5.91 Å². The van der Waals surface area contributed by atoms with Crippen LogP contribution in [0.4, 0.5) is 0 Å². The van der Waals surface area contributed by atoms with E-state index >= 15 is 0 Å². The smallest absolute Gasteiger partial charge is 0.265 e. The van der Waals surface area contributed by atoms with Crippen LogP contribution in [0.15, 0.2) is 71.6 Å². The van der Waals surface area contributed by atoms with Crippen molar-refractivity contribution in [2.75, 3.05) is 7.05 Å². The van der Waals surface area contributed by atoms with Gasteiger partial charge >= 0.3 is 0 Å². The fraction of sp³-hybridized carbons (Fsp3) is 0.0455. The van der Waals surface area contributed by atoms with Gasteiger partial charge in [0.1, 0.15) is 9.33 Å². The minimum Gasteiger partial charge on any atom is -0.296 e. The molecule has 4 nitrogen and oxygen atoms in total. The van der Waals surface area contributed by atoms with Gasteiger partial charge in [-0.1, -0.05) is 72.5 Å². The van der Waals surface area contributed by atoms with Crippen molar-refractivity contribution >= 4 is 62.0 Å². The highest BCUT2D eigenvalue weighted by Gasteiger charge is 2.29. The summed E-state index contributed by atoms with van der Waals surface area (Å²) in [7, 11) is 1.71. The van der Waals surface area contributed by atoms with E-state index in [0.717, 1.165) is 32.3 Å². The Labute approximate surface area is 181 Å². The fourth-order valence-electron chi connectivity index (χ4n) is 3.24. The van der Waals surface area contributed by atoms with Gasteiger partial charge in [0.15, 0.2) is 5.65 Å². The zero-order chi connectivity index (χ0) is 20.0. The number of carbonyl (C=O) groups excluding carboxylic acids is 1. The number of hydrogen-bond donors (Lipinski definition) is 0. The molecule has 4 aromatic rings. The van der Waals surface area contributed by atoms with Crippen LogP contribution in [0, 0.1) is 0 Å². The van der Waals surface area contributed by atoms with Gasteiger partial charge < -0.3 is 0 Å². The Kier molecular flexibility index (Phi) is 4.58. The molecule has 142 valence electrons. The van der Waals surface area contributed by atoms with Crippen molar-refractivity contribution in [2.24, 2.45) is 0 Å². The van der Waals surface area contributed by atoms with Crippen LogP contribution >= 0.6 is 35.3 Å². The SMILES string of the molecule is CN1C(=O)/C(=C\c2cc3sc(-c4ccccc4)nc3n2-c2ccccc2)SC1=S. The van der Waals surface area contributed by atoms with Crippen LogP contribution in [0.2, 0.25) is 0 Å². The second-order valence-electron chi connectivity index (χ2n) is 6.55. The second kappa shape index (κ2) is 7.26. The molecule has 0 unspecified atom stereocenters. The lowest BCUT2D eigenvalue weighted by molar-refractivity contribution is -0.121. The summed E-state index contributed by atoms with van der Waals surface area (Å²) in [6.45, 7) is 0. The average Bonchev–Trinajstić information content (AvgIpc) is 3.37. The number of nitrogens with zero attached hydrogens (tertiary/aromatic N) is 3. The first-order valence-electron chi connectivity index (χ1n) is 8.96. The zero-order valence-electron chi connectivity index (χ0n) is 15.4. The van der Waals surface area contributed by atoms with E-state index in [1.165, 1.54) is 16.7 Å². The topological polar surface area (TPSA) is 38.1 Å². The molecule has 2 aromatic carbocycles. The number of likely N-dealkylation sites (N-methyl/N-ethyl adjacent to an activating group) is 1. The maximum absolute atomic E-state index is 12.5.